The van der Waals surface area contributed by atoms with Crippen molar-refractivity contribution in [1.82, 2.24) is 4.98 Å². The quantitative estimate of drug-likeness (QED) is 0.309. The van der Waals surface area contributed by atoms with Gasteiger partial charge in [0.25, 0.3) is 5.82 Å². The maximum absolute atomic E-state index is 3.45. The first kappa shape index (κ1) is 18.6. The van der Waals surface area contributed by atoms with E-state index < -0.39 is 0 Å². The van der Waals surface area contributed by atoms with Gasteiger partial charge in [-0.25, -0.2) is 9.55 Å². The van der Waals surface area contributed by atoms with E-state index in [2.05, 4.69) is 127 Å². The second-order valence-corrected chi connectivity index (χ2v) is 9.71. The van der Waals surface area contributed by atoms with Gasteiger partial charge in [0, 0.05) is 5.56 Å². The smallest absolute Gasteiger partial charge is 0.243 e. The molecule has 7 rings (SSSR count). The Bertz CT molecular complexity index is 1490. The summed E-state index contributed by atoms with van der Waals surface area (Å²) in [6, 6.07) is 36.0. The summed E-state index contributed by atoms with van der Waals surface area (Å²) >= 11 is 0. The molecule has 1 aromatic heterocycles. The molecular formula is C31H25N2+. The molecule has 0 bridgehead atoms. The van der Waals surface area contributed by atoms with E-state index in [9.17, 15) is 0 Å². The molecule has 4 aromatic carbocycles. The Morgan fingerprint density at radius 2 is 1.24 bits per heavy atom. The van der Waals surface area contributed by atoms with Crippen LogP contribution < -0.4 is 4.57 Å². The summed E-state index contributed by atoms with van der Waals surface area (Å²) in [5.74, 6) is 1.18. The highest BCUT2D eigenvalue weighted by Gasteiger charge is 2.48. The number of imidazole rings is 1. The molecule has 158 valence electrons. The zero-order chi connectivity index (χ0) is 22.2. The zero-order valence-corrected chi connectivity index (χ0v) is 18.8. The van der Waals surface area contributed by atoms with Crippen molar-refractivity contribution in [3.8, 4) is 22.5 Å². The number of hydrogen-bond acceptors (Lipinski definition) is 0. The zero-order valence-electron chi connectivity index (χ0n) is 18.8. The third-order valence-corrected chi connectivity index (χ3v) is 7.81. The predicted octanol–water partition coefficient (Wildman–Crippen LogP) is 6.43. The van der Waals surface area contributed by atoms with Crippen molar-refractivity contribution in [3.05, 3.63) is 137 Å². The summed E-state index contributed by atoms with van der Waals surface area (Å²) in [6.45, 7) is 4.62. The number of benzene rings is 4. The molecule has 0 radical (unpaired) electrons. The molecule has 33 heavy (non-hydrogen) atoms. The minimum absolute atomic E-state index is 0.115. The second kappa shape index (κ2) is 6.32. The normalized spacial score (nSPS) is 16.1. The lowest BCUT2D eigenvalue weighted by Gasteiger charge is -2.34. The van der Waals surface area contributed by atoms with E-state index in [4.69, 9.17) is 0 Å². The van der Waals surface area contributed by atoms with Gasteiger partial charge in [0.05, 0.1) is 11.0 Å². The summed E-state index contributed by atoms with van der Waals surface area (Å²) < 4.78 is 2.35. The number of fused-ring (bicyclic) bond motifs is 6. The standard InChI is InChI=1S/C31H24N2/c1-30(2)28-20-22(16-17-25(28)29-32-18-19-33(29)30)31(21-10-4-3-5-11-21)26-14-8-6-12-23(26)24-13-7-9-15-27(24)31/h3-20H,1-2H3/p+1. The number of H-pyrrole nitrogens is 1. The van der Waals surface area contributed by atoms with E-state index in [-0.39, 0.29) is 11.0 Å². The minimum Gasteiger partial charge on any atom is -0.243 e. The van der Waals surface area contributed by atoms with Crippen LogP contribution in [0.3, 0.4) is 0 Å². The van der Waals surface area contributed by atoms with Gasteiger partial charge in [0.2, 0.25) is 0 Å². The van der Waals surface area contributed by atoms with Crippen molar-refractivity contribution in [2.75, 3.05) is 0 Å². The summed E-state index contributed by atoms with van der Waals surface area (Å²) in [4.78, 5) is 3.45. The summed E-state index contributed by atoms with van der Waals surface area (Å²) in [6.07, 6.45) is 4.19. The molecule has 0 saturated heterocycles. The lowest BCUT2D eigenvalue weighted by molar-refractivity contribution is -0.730. The molecule has 2 heteroatoms. The van der Waals surface area contributed by atoms with Gasteiger partial charge in [0.1, 0.15) is 17.9 Å². The monoisotopic (exact) mass is 425 g/mol. The molecule has 0 amide bonds. The summed E-state index contributed by atoms with van der Waals surface area (Å²) in [7, 11) is 0. The Balaban J connectivity index is 1.60. The number of aromatic amines is 1. The predicted molar refractivity (Wildman–Crippen MR) is 132 cm³/mol. The maximum Gasteiger partial charge on any atom is 0.287 e. The molecule has 1 N–H and O–H groups in total. The highest BCUT2D eigenvalue weighted by Crippen LogP contribution is 2.56. The first-order valence-electron chi connectivity index (χ1n) is 11.6. The van der Waals surface area contributed by atoms with Crippen molar-refractivity contribution in [1.29, 1.82) is 0 Å². The molecule has 0 unspecified atom stereocenters. The SMILES string of the molecule is CC1(C)c2cc(C3(c4ccccc4)c4ccccc4-c4ccccc43)ccc2-c2[nH]cc[n+]21. The third kappa shape index (κ3) is 2.21. The van der Waals surface area contributed by atoms with E-state index in [1.54, 1.807) is 0 Å². The minimum atomic E-state index is -0.347. The van der Waals surface area contributed by atoms with Crippen LogP contribution in [0.2, 0.25) is 0 Å². The molecular weight excluding hydrogens is 400 g/mol. The van der Waals surface area contributed by atoms with Crippen LogP contribution in [0.25, 0.3) is 22.5 Å². The highest BCUT2D eigenvalue weighted by atomic mass is 15.1. The van der Waals surface area contributed by atoms with Gasteiger partial charge in [-0.3, -0.25) is 0 Å². The summed E-state index contributed by atoms with van der Waals surface area (Å²) in [5, 5.41) is 0. The Morgan fingerprint density at radius 3 is 1.94 bits per heavy atom. The Labute approximate surface area is 194 Å². The first-order valence-corrected chi connectivity index (χ1v) is 11.6. The number of aromatic nitrogens is 2. The van der Waals surface area contributed by atoms with Gasteiger partial charge in [-0.15, -0.1) is 0 Å². The fourth-order valence-electron chi connectivity index (χ4n) is 6.34. The van der Waals surface area contributed by atoms with Gasteiger partial charge in [-0.2, -0.15) is 0 Å². The lowest BCUT2D eigenvalue weighted by atomic mass is 9.67. The molecule has 0 spiro atoms. The molecule has 2 nitrogen and oxygen atoms in total. The van der Waals surface area contributed by atoms with Crippen LogP contribution >= 0.6 is 0 Å². The Hall–Kier alpha value is -3.91. The van der Waals surface area contributed by atoms with Crippen molar-refractivity contribution in [3.63, 3.8) is 0 Å². The van der Waals surface area contributed by atoms with E-state index in [0.29, 0.717) is 0 Å². The number of rotatable bonds is 2. The van der Waals surface area contributed by atoms with E-state index in [1.807, 2.05) is 6.20 Å². The van der Waals surface area contributed by atoms with Gasteiger partial charge < -0.3 is 0 Å². The average Bonchev–Trinajstić information content (AvgIpc) is 3.52. The van der Waals surface area contributed by atoms with Crippen LogP contribution in [0.1, 0.15) is 41.7 Å². The largest absolute Gasteiger partial charge is 0.287 e. The van der Waals surface area contributed by atoms with E-state index >= 15 is 0 Å². The van der Waals surface area contributed by atoms with Crippen LogP contribution in [-0.4, -0.2) is 4.98 Å². The van der Waals surface area contributed by atoms with Gasteiger partial charge in [0.15, 0.2) is 0 Å². The fourth-order valence-corrected chi connectivity index (χ4v) is 6.34. The van der Waals surface area contributed by atoms with Crippen molar-refractivity contribution in [2.45, 2.75) is 24.8 Å². The Kier molecular flexibility index (Phi) is 3.57. The van der Waals surface area contributed by atoms with Crippen LogP contribution in [0.15, 0.2) is 109 Å². The van der Waals surface area contributed by atoms with Crippen LogP contribution in [-0.2, 0) is 11.0 Å². The maximum atomic E-state index is 3.45. The Morgan fingerprint density at radius 1 is 0.606 bits per heavy atom. The van der Waals surface area contributed by atoms with Crippen LogP contribution in [0.5, 0.6) is 0 Å². The summed E-state index contributed by atoms with van der Waals surface area (Å²) in [5.41, 5.74) is 10.2. The molecule has 1 aliphatic heterocycles. The van der Waals surface area contributed by atoms with Crippen molar-refractivity contribution in [2.24, 2.45) is 0 Å². The molecule has 0 fully saturated rings. The lowest BCUT2D eigenvalue weighted by Crippen LogP contribution is -2.49. The topological polar surface area (TPSA) is 19.7 Å². The van der Waals surface area contributed by atoms with Gasteiger partial charge in [-0.1, -0.05) is 84.9 Å². The number of nitrogens with one attached hydrogen (secondary N) is 1. The molecule has 0 saturated carbocycles. The van der Waals surface area contributed by atoms with Crippen molar-refractivity contribution < 1.29 is 4.57 Å². The fraction of sp³-hybridized carbons (Fsp3) is 0.129. The van der Waals surface area contributed by atoms with Gasteiger partial charge >= 0.3 is 0 Å². The molecule has 1 aliphatic carbocycles. The van der Waals surface area contributed by atoms with E-state index in [0.717, 1.165) is 0 Å². The first-order chi connectivity index (χ1) is 16.1. The van der Waals surface area contributed by atoms with Crippen molar-refractivity contribution >= 4 is 0 Å². The van der Waals surface area contributed by atoms with Crippen LogP contribution in [0, 0.1) is 0 Å². The third-order valence-electron chi connectivity index (χ3n) is 7.81. The second-order valence-electron chi connectivity index (χ2n) is 9.71. The number of nitrogens with zero attached hydrogens (tertiary/aromatic N) is 1. The highest BCUT2D eigenvalue weighted by molar-refractivity contribution is 5.86. The van der Waals surface area contributed by atoms with Crippen LogP contribution in [0.4, 0.5) is 0 Å². The molecule has 0 atom stereocenters. The molecule has 5 aromatic rings. The number of hydrogen-bond donors (Lipinski definition) is 1. The molecule has 2 heterocycles. The molecule has 2 aliphatic rings. The average molecular weight is 426 g/mol. The van der Waals surface area contributed by atoms with Gasteiger partial charge in [-0.05, 0) is 59.4 Å². The van der Waals surface area contributed by atoms with E-state index in [1.165, 1.54) is 50.3 Å².